The largest absolute Gasteiger partial charge is 0.451 e. The van der Waals surface area contributed by atoms with Crippen molar-refractivity contribution in [2.75, 3.05) is 7.11 Å². The Morgan fingerprint density at radius 2 is 1.74 bits per heavy atom. The molecule has 0 bridgehead atoms. The van der Waals surface area contributed by atoms with Gasteiger partial charge < -0.3 is 34.1 Å². The minimum Gasteiger partial charge on any atom is -0.451 e. The molecule has 1 saturated heterocycles. The van der Waals surface area contributed by atoms with E-state index >= 15 is 0 Å². The number of nitrogens with one attached hydrogen (secondary N) is 1. The minimum absolute atomic E-state index is 0.115. The molecule has 13 heteroatoms. The summed E-state index contributed by atoms with van der Waals surface area (Å²) in [7, 11) is 1.37. The van der Waals surface area contributed by atoms with Crippen molar-refractivity contribution in [1.29, 1.82) is 0 Å². The first-order valence-corrected chi connectivity index (χ1v) is 14.2. The Labute approximate surface area is 260 Å². The molecule has 0 aliphatic carbocycles. The second-order valence-electron chi connectivity index (χ2n) is 10.8. The fraction of sp³-hybridized carbons (Fsp3) is 0.242. The summed E-state index contributed by atoms with van der Waals surface area (Å²) in [5, 5.41) is 26.8. The van der Waals surface area contributed by atoms with Gasteiger partial charge in [0.05, 0.1) is 22.8 Å². The Morgan fingerprint density at radius 1 is 1.02 bits per heavy atom. The van der Waals surface area contributed by atoms with Crippen molar-refractivity contribution < 1.29 is 42.5 Å². The third-order valence-corrected chi connectivity index (χ3v) is 7.92. The lowest BCUT2D eigenvalue weighted by Gasteiger charge is -2.27. The van der Waals surface area contributed by atoms with Crippen molar-refractivity contribution in [3.05, 3.63) is 119 Å². The van der Waals surface area contributed by atoms with Gasteiger partial charge in [0.25, 0.3) is 0 Å². The lowest BCUT2D eigenvalue weighted by atomic mass is 9.95. The highest BCUT2D eigenvalue weighted by Gasteiger charge is 2.49. The number of aliphatic hydroxyl groups excluding tert-OH is 2. The van der Waals surface area contributed by atoms with Crippen LogP contribution in [0.15, 0.2) is 96.5 Å². The number of aryl methyl sites for hydroxylation is 1. The third kappa shape index (κ3) is 5.87. The average Bonchev–Trinajstić information content (AvgIpc) is 3.60. The molecule has 3 aromatic carbocycles. The summed E-state index contributed by atoms with van der Waals surface area (Å²) in [6.45, 7) is 1.29. The lowest BCUT2D eigenvalue weighted by molar-refractivity contribution is -0.138. The zero-order chi connectivity index (χ0) is 32.6. The number of aromatic amines is 1. The Bertz CT molecular complexity index is 1920. The van der Waals surface area contributed by atoms with Gasteiger partial charge >= 0.3 is 12.1 Å². The number of carbonyl (C=O) groups excluding carboxylic acids is 1. The van der Waals surface area contributed by atoms with Crippen LogP contribution in [0, 0.1) is 6.92 Å². The van der Waals surface area contributed by atoms with E-state index in [9.17, 15) is 28.2 Å². The third-order valence-electron chi connectivity index (χ3n) is 7.92. The van der Waals surface area contributed by atoms with Crippen molar-refractivity contribution in [3.8, 4) is 11.1 Å². The van der Waals surface area contributed by atoms with Gasteiger partial charge in [-0.1, -0.05) is 59.8 Å². The molecular weight excluding hydrogens is 605 g/mol. The summed E-state index contributed by atoms with van der Waals surface area (Å²) in [5.74, 6) is -0.799. The predicted molar refractivity (Wildman–Crippen MR) is 159 cm³/mol. The van der Waals surface area contributed by atoms with Crippen LogP contribution in [0.4, 0.5) is 13.2 Å². The summed E-state index contributed by atoms with van der Waals surface area (Å²) in [6, 6.07) is 21.1. The van der Waals surface area contributed by atoms with Crippen LogP contribution in [0.5, 0.6) is 0 Å². The van der Waals surface area contributed by atoms with E-state index < -0.39 is 48.4 Å². The quantitative estimate of drug-likeness (QED) is 0.169. The van der Waals surface area contributed by atoms with Crippen LogP contribution in [0.1, 0.15) is 39.4 Å². The first-order chi connectivity index (χ1) is 22.1. The molecule has 1 aliphatic heterocycles. The van der Waals surface area contributed by atoms with Crippen LogP contribution < -0.4 is 5.49 Å². The van der Waals surface area contributed by atoms with E-state index in [1.165, 1.54) is 37.1 Å². The fourth-order valence-electron chi connectivity index (χ4n) is 5.66. The number of esters is 1. The topological polar surface area (TPSA) is 131 Å². The van der Waals surface area contributed by atoms with Gasteiger partial charge in [-0.3, -0.25) is 0 Å². The molecule has 1 aliphatic rings. The standard InChI is InChI=1S/C33H29F3N4O6/c1-18-16-22(12-13-24(18)33(34,35)36)27(46-32(43)21-10-8-20(9-11-21)19-6-4-3-5-7-19)28-25(41)26(42)31(45-28)40-15-14-23-29(39-44-2)37-17-38-30(23)40/h3-17,25-28,31,41-42H,1-2H3,(H,37,38,39)/t25-,26+,27?,28-,31+/m0/s1. The van der Waals surface area contributed by atoms with Crippen molar-refractivity contribution in [3.63, 3.8) is 0 Å². The molecule has 0 spiro atoms. The van der Waals surface area contributed by atoms with Crippen molar-refractivity contribution in [2.24, 2.45) is 5.16 Å². The van der Waals surface area contributed by atoms with Crippen molar-refractivity contribution in [2.45, 2.75) is 43.7 Å². The number of fused-ring (bicyclic) bond motifs is 1. The van der Waals surface area contributed by atoms with Gasteiger partial charge in [0.2, 0.25) is 5.49 Å². The highest BCUT2D eigenvalue weighted by atomic mass is 19.4. The van der Waals surface area contributed by atoms with Crippen LogP contribution in [0.2, 0.25) is 0 Å². The highest BCUT2D eigenvalue weighted by Crippen LogP contribution is 2.41. The molecule has 2 aromatic heterocycles. The van der Waals surface area contributed by atoms with Crippen molar-refractivity contribution >= 4 is 17.0 Å². The maximum absolute atomic E-state index is 13.6. The normalized spacial score (nSPS) is 21.0. The van der Waals surface area contributed by atoms with Gasteiger partial charge in [0.15, 0.2) is 12.3 Å². The number of hydrogen-bond acceptors (Lipinski definition) is 8. The number of halogens is 3. The second-order valence-corrected chi connectivity index (χ2v) is 10.8. The number of aliphatic hydroxyl groups is 2. The number of H-pyrrole nitrogens is 1. The number of aromatic nitrogens is 3. The van der Waals surface area contributed by atoms with Gasteiger partial charge in [-0.05, 0) is 53.4 Å². The van der Waals surface area contributed by atoms with Crippen LogP contribution >= 0.6 is 0 Å². The Balaban J connectivity index is 1.35. The van der Waals surface area contributed by atoms with E-state index in [2.05, 4.69) is 15.1 Å². The molecule has 1 unspecified atom stereocenters. The fourth-order valence-corrected chi connectivity index (χ4v) is 5.66. The van der Waals surface area contributed by atoms with E-state index in [1.807, 2.05) is 30.3 Å². The summed E-state index contributed by atoms with van der Waals surface area (Å²) in [6.07, 6.45) is -8.74. The zero-order valence-electron chi connectivity index (χ0n) is 24.5. The Kier molecular flexibility index (Phi) is 8.38. The molecule has 238 valence electrons. The highest BCUT2D eigenvalue weighted by molar-refractivity contribution is 5.90. The zero-order valence-corrected chi connectivity index (χ0v) is 24.5. The first kappa shape index (κ1) is 31.0. The maximum Gasteiger partial charge on any atom is 0.416 e. The molecule has 0 saturated carbocycles. The molecule has 3 N–H and O–H groups in total. The predicted octanol–water partition coefficient (Wildman–Crippen LogP) is 5.04. The molecule has 3 heterocycles. The molecule has 1 fully saturated rings. The van der Waals surface area contributed by atoms with Crippen LogP contribution in [0.3, 0.4) is 0 Å². The summed E-state index contributed by atoms with van der Waals surface area (Å²) in [4.78, 5) is 25.4. The summed E-state index contributed by atoms with van der Waals surface area (Å²) in [5.41, 5.74) is 1.83. The van der Waals surface area contributed by atoms with Gasteiger partial charge in [-0.25, -0.2) is 9.78 Å². The van der Waals surface area contributed by atoms with Gasteiger partial charge in [-0.2, -0.15) is 13.2 Å². The average molecular weight is 635 g/mol. The van der Waals surface area contributed by atoms with Crippen LogP contribution in [-0.2, 0) is 20.5 Å². The van der Waals surface area contributed by atoms with Gasteiger partial charge in [0, 0.05) is 6.20 Å². The molecule has 46 heavy (non-hydrogen) atoms. The van der Waals surface area contributed by atoms with Crippen LogP contribution in [-0.4, -0.2) is 56.1 Å². The van der Waals surface area contributed by atoms with Crippen molar-refractivity contribution in [1.82, 2.24) is 14.5 Å². The molecule has 0 amide bonds. The lowest BCUT2D eigenvalue weighted by Crippen LogP contribution is -2.36. The number of rotatable bonds is 7. The Hall–Kier alpha value is -4.98. The number of benzene rings is 3. The molecule has 0 radical (unpaired) electrons. The minimum atomic E-state index is -4.60. The van der Waals surface area contributed by atoms with E-state index in [1.54, 1.807) is 36.5 Å². The number of hydrogen-bond donors (Lipinski definition) is 3. The SMILES string of the molecule is CO/N=c1\nc[nH]c2c1ccn2[C@@H]1O[C@H](C(OC(=O)c2ccc(-c3ccccc3)cc2)c2ccc(C(F)(F)F)c(C)c2)[C@@H](O)[C@H]1O. The Morgan fingerprint density at radius 3 is 2.41 bits per heavy atom. The smallest absolute Gasteiger partial charge is 0.416 e. The van der Waals surface area contributed by atoms with Crippen LogP contribution in [0.25, 0.3) is 22.2 Å². The van der Waals surface area contributed by atoms with E-state index in [-0.39, 0.29) is 22.2 Å². The molecule has 5 aromatic rings. The van der Waals surface area contributed by atoms with E-state index in [0.717, 1.165) is 17.2 Å². The second kappa shape index (κ2) is 12.4. The molecule has 5 atom stereocenters. The number of nitrogens with zero attached hydrogens (tertiary/aromatic N) is 3. The summed E-state index contributed by atoms with van der Waals surface area (Å²) < 4.78 is 54.3. The number of carbonyl (C=O) groups is 1. The molecule has 10 nitrogen and oxygen atoms in total. The van der Waals surface area contributed by atoms with Gasteiger partial charge in [-0.15, -0.1) is 0 Å². The molecule has 6 rings (SSSR count). The molecular formula is C33H29F3N4O6. The van der Waals surface area contributed by atoms with Gasteiger partial charge in [0.1, 0.15) is 31.1 Å². The monoisotopic (exact) mass is 634 g/mol. The number of ether oxygens (including phenoxy) is 2. The van der Waals surface area contributed by atoms with E-state index in [4.69, 9.17) is 14.3 Å². The first-order valence-electron chi connectivity index (χ1n) is 14.2. The number of alkyl halides is 3. The summed E-state index contributed by atoms with van der Waals surface area (Å²) >= 11 is 0. The maximum atomic E-state index is 13.6. The van der Waals surface area contributed by atoms with E-state index in [0.29, 0.717) is 11.0 Å².